The highest BCUT2D eigenvalue weighted by molar-refractivity contribution is 5.93. The lowest BCUT2D eigenvalue weighted by atomic mass is 10.1. The highest BCUT2D eigenvalue weighted by Gasteiger charge is 2.05. The summed E-state index contributed by atoms with van der Waals surface area (Å²) in [7, 11) is 1.64. The van der Waals surface area contributed by atoms with Crippen molar-refractivity contribution in [3.63, 3.8) is 0 Å². The second-order valence-electron chi connectivity index (χ2n) is 5.41. The standard InChI is InChI=1S/C19H18N4O2/c1-25-16-4-2-3-13(11-16)12-22-19-21-10-9-17(23-19)14-5-7-15(8-6-14)18(20)24/h2-11H,12H2,1H3,(H2,20,24)(H,21,22,23). The van der Waals surface area contributed by atoms with Crippen LogP contribution >= 0.6 is 0 Å². The molecular weight excluding hydrogens is 316 g/mol. The van der Waals surface area contributed by atoms with E-state index in [1.807, 2.05) is 42.5 Å². The maximum Gasteiger partial charge on any atom is 0.248 e. The first-order valence-corrected chi connectivity index (χ1v) is 7.76. The quantitative estimate of drug-likeness (QED) is 0.723. The van der Waals surface area contributed by atoms with Crippen LogP contribution in [0.1, 0.15) is 15.9 Å². The summed E-state index contributed by atoms with van der Waals surface area (Å²) in [6.07, 6.45) is 1.69. The highest BCUT2D eigenvalue weighted by atomic mass is 16.5. The molecular formula is C19H18N4O2. The number of methoxy groups -OCH3 is 1. The van der Waals surface area contributed by atoms with E-state index in [2.05, 4.69) is 15.3 Å². The zero-order valence-electron chi connectivity index (χ0n) is 13.8. The second-order valence-corrected chi connectivity index (χ2v) is 5.41. The van der Waals surface area contributed by atoms with Crippen LogP contribution in [0.15, 0.2) is 60.8 Å². The van der Waals surface area contributed by atoms with E-state index < -0.39 is 5.91 Å². The molecule has 0 saturated heterocycles. The molecule has 2 aromatic carbocycles. The first kappa shape index (κ1) is 16.4. The van der Waals surface area contributed by atoms with Crippen molar-refractivity contribution in [2.75, 3.05) is 12.4 Å². The van der Waals surface area contributed by atoms with Crippen LogP contribution in [0.4, 0.5) is 5.95 Å². The summed E-state index contributed by atoms with van der Waals surface area (Å²) in [4.78, 5) is 19.9. The number of primary amides is 1. The molecule has 6 heteroatoms. The van der Waals surface area contributed by atoms with Gasteiger partial charge in [0.05, 0.1) is 12.8 Å². The lowest BCUT2D eigenvalue weighted by Gasteiger charge is -2.08. The van der Waals surface area contributed by atoms with Crippen molar-refractivity contribution < 1.29 is 9.53 Å². The van der Waals surface area contributed by atoms with Gasteiger partial charge in [-0.05, 0) is 35.9 Å². The second kappa shape index (κ2) is 7.44. The number of hydrogen-bond donors (Lipinski definition) is 2. The number of amides is 1. The van der Waals surface area contributed by atoms with E-state index >= 15 is 0 Å². The van der Waals surface area contributed by atoms with Gasteiger partial charge in [-0.3, -0.25) is 4.79 Å². The Kier molecular flexibility index (Phi) is 4.89. The Labute approximate surface area is 145 Å². The normalized spacial score (nSPS) is 10.3. The van der Waals surface area contributed by atoms with Gasteiger partial charge in [-0.15, -0.1) is 0 Å². The van der Waals surface area contributed by atoms with Gasteiger partial charge >= 0.3 is 0 Å². The smallest absolute Gasteiger partial charge is 0.248 e. The molecule has 1 heterocycles. The summed E-state index contributed by atoms with van der Waals surface area (Å²) in [5, 5.41) is 3.20. The van der Waals surface area contributed by atoms with Gasteiger partial charge in [-0.2, -0.15) is 0 Å². The van der Waals surface area contributed by atoms with E-state index in [1.54, 1.807) is 25.4 Å². The van der Waals surface area contributed by atoms with Crippen LogP contribution in [0.2, 0.25) is 0 Å². The molecule has 0 aliphatic heterocycles. The Morgan fingerprint density at radius 3 is 2.68 bits per heavy atom. The summed E-state index contributed by atoms with van der Waals surface area (Å²) in [5.41, 5.74) is 8.44. The monoisotopic (exact) mass is 334 g/mol. The van der Waals surface area contributed by atoms with Gasteiger partial charge in [-0.25, -0.2) is 9.97 Å². The number of ether oxygens (including phenoxy) is 1. The largest absolute Gasteiger partial charge is 0.497 e. The Bertz CT molecular complexity index is 879. The fourth-order valence-electron chi connectivity index (χ4n) is 2.37. The average Bonchev–Trinajstić information content (AvgIpc) is 2.67. The number of nitrogens with zero attached hydrogens (tertiary/aromatic N) is 2. The molecule has 3 rings (SSSR count). The predicted octanol–water partition coefficient (Wildman–Crippen LogP) is 2.86. The zero-order valence-corrected chi connectivity index (χ0v) is 13.8. The Hall–Kier alpha value is -3.41. The molecule has 1 aromatic heterocycles. The molecule has 0 atom stereocenters. The molecule has 126 valence electrons. The van der Waals surface area contributed by atoms with Crippen molar-refractivity contribution in [2.45, 2.75) is 6.54 Å². The predicted molar refractivity (Wildman–Crippen MR) is 96.3 cm³/mol. The SMILES string of the molecule is COc1cccc(CNc2nccc(-c3ccc(C(N)=O)cc3)n2)c1. The average molecular weight is 334 g/mol. The number of carbonyl (C=O) groups is 1. The van der Waals surface area contributed by atoms with Gasteiger partial charge in [0.15, 0.2) is 0 Å². The van der Waals surface area contributed by atoms with Crippen LogP contribution in [-0.4, -0.2) is 23.0 Å². The first-order valence-electron chi connectivity index (χ1n) is 7.76. The fourth-order valence-corrected chi connectivity index (χ4v) is 2.37. The van der Waals surface area contributed by atoms with Crippen molar-refractivity contribution in [1.82, 2.24) is 9.97 Å². The molecule has 0 bridgehead atoms. The lowest BCUT2D eigenvalue weighted by molar-refractivity contribution is 0.100. The zero-order chi connectivity index (χ0) is 17.6. The summed E-state index contributed by atoms with van der Waals surface area (Å²) in [5.74, 6) is 0.887. The van der Waals surface area contributed by atoms with Crippen LogP contribution in [0.3, 0.4) is 0 Å². The minimum atomic E-state index is -0.449. The van der Waals surface area contributed by atoms with Crippen LogP contribution in [0, 0.1) is 0 Å². The number of nitrogens with two attached hydrogens (primary N) is 1. The van der Waals surface area contributed by atoms with Crippen molar-refractivity contribution in [3.8, 4) is 17.0 Å². The van der Waals surface area contributed by atoms with Gasteiger partial charge in [0, 0.05) is 23.9 Å². The number of hydrogen-bond acceptors (Lipinski definition) is 5. The number of nitrogens with one attached hydrogen (secondary N) is 1. The third kappa shape index (κ3) is 4.11. The number of aromatic nitrogens is 2. The topological polar surface area (TPSA) is 90.1 Å². The van der Waals surface area contributed by atoms with Crippen LogP contribution in [0.5, 0.6) is 5.75 Å². The molecule has 0 aliphatic rings. The van der Waals surface area contributed by atoms with E-state index in [0.29, 0.717) is 18.1 Å². The van der Waals surface area contributed by atoms with E-state index in [-0.39, 0.29) is 0 Å². The minimum absolute atomic E-state index is 0.449. The lowest BCUT2D eigenvalue weighted by Crippen LogP contribution is -2.10. The molecule has 1 amide bonds. The summed E-state index contributed by atoms with van der Waals surface area (Å²) in [6, 6.07) is 16.6. The maximum absolute atomic E-state index is 11.1. The molecule has 0 aliphatic carbocycles. The van der Waals surface area contributed by atoms with Crippen LogP contribution < -0.4 is 15.8 Å². The Morgan fingerprint density at radius 2 is 1.96 bits per heavy atom. The number of anilines is 1. The van der Waals surface area contributed by atoms with Gasteiger partial charge in [0.25, 0.3) is 0 Å². The third-order valence-corrected chi connectivity index (χ3v) is 3.71. The molecule has 6 nitrogen and oxygen atoms in total. The molecule has 0 fully saturated rings. The third-order valence-electron chi connectivity index (χ3n) is 3.71. The fraction of sp³-hybridized carbons (Fsp3) is 0.105. The van der Waals surface area contributed by atoms with Crippen molar-refractivity contribution >= 4 is 11.9 Å². The highest BCUT2D eigenvalue weighted by Crippen LogP contribution is 2.19. The van der Waals surface area contributed by atoms with E-state index in [9.17, 15) is 4.79 Å². The summed E-state index contributed by atoms with van der Waals surface area (Å²) >= 11 is 0. The van der Waals surface area contributed by atoms with E-state index in [0.717, 1.165) is 22.6 Å². The van der Waals surface area contributed by atoms with E-state index in [4.69, 9.17) is 10.5 Å². The van der Waals surface area contributed by atoms with Gasteiger partial charge in [0.2, 0.25) is 11.9 Å². The van der Waals surface area contributed by atoms with Crippen LogP contribution in [0.25, 0.3) is 11.3 Å². The van der Waals surface area contributed by atoms with Gasteiger partial charge in [0.1, 0.15) is 5.75 Å². The molecule has 25 heavy (non-hydrogen) atoms. The molecule has 0 unspecified atom stereocenters. The molecule has 0 radical (unpaired) electrons. The minimum Gasteiger partial charge on any atom is -0.497 e. The number of benzene rings is 2. The first-order chi connectivity index (χ1) is 12.2. The molecule has 0 saturated carbocycles. The Morgan fingerprint density at radius 1 is 1.16 bits per heavy atom. The van der Waals surface area contributed by atoms with Crippen LogP contribution in [-0.2, 0) is 6.54 Å². The summed E-state index contributed by atoms with van der Waals surface area (Å²) < 4.78 is 5.22. The summed E-state index contributed by atoms with van der Waals surface area (Å²) in [6.45, 7) is 0.585. The number of rotatable bonds is 6. The van der Waals surface area contributed by atoms with Crippen molar-refractivity contribution in [3.05, 3.63) is 71.9 Å². The molecule has 0 spiro atoms. The maximum atomic E-state index is 11.1. The van der Waals surface area contributed by atoms with Gasteiger partial charge < -0.3 is 15.8 Å². The number of carbonyl (C=O) groups excluding carboxylic acids is 1. The Balaban J connectivity index is 1.73. The van der Waals surface area contributed by atoms with E-state index in [1.165, 1.54) is 0 Å². The van der Waals surface area contributed by atoms with Crippen molar-refractivity contribution in [1.29, 1.82) is 0 Å². The molecule has 3 aromatic rings. The van der Waals surface area contributed by atoms with Crippen molar-refractivity contribution in [2.24, 2.45) is 5.73 Å². The molecule has 3 N–H and O–H groups in total. The van der Waals surface area contributed by atoms with Gasteiger partial charge in [-0.1, -0.05) is 24.3 Å².